The molecule has 0 spiro atoms. The summed E-state index contributed by atoms with van der Waals surface area (Å²) < 4.78 is 44.6. The summed E-state index contributed by atoms with van der Waals surface area (Å²) in [7, 11) is -3.75. The number of hydrogen-bond acceptors (Lipinski definition) is 4. The Morgan fingerprint density at radius 3 is 2.38 bits per heavy atom. The number of nitrogens with zero attached hydrogens (tertiary/aromatic N) is 1. The molecule has 1 atom stereocenters. The Labute approximate surface area is 171 Å². The van der Waals surface area contributed by atoms with E-state index in [0.717, 1.165) is 39.6 Å². The van der Waals surface area contributed by atoms with Crippen LogP contribution in [0.3, 0.4) is 0 Å². The number of ether oxygens (including phenoxy) is 1. The monoisotopic (exact) mass is 422 g/mol. The van der Waals surface area contributed by atoms with E-state index in [2.05, 4.69) is 5.32 Å². The first-order valence-electron chi connectivity index (χ1n) is 9.36. The zero-order valence-corrected chi connectivity index (χ0v) is 17.9. The molecule has 1 N–H and O–H groups in total. The number of rotatable bonds is 9. The smallest absolute Gasteiger partial charge is 0.244 e. The number of anilines is 1. The van der Waals surface area contributed by atoms with E-state index < -0.39 is 27.8 Å². The highest BCUT2D eigenvalue weighted by Gasteiger charge is 2.31. The lowest BCUT2D eigenvalue weighted by molar-refractivity contribution is -0.122. The van der Waals surface area contributed by atoms with E-state index in [1.165, 1.54) is 12.1 Å². The van der Waals surface area contributed by atoms with Crippen molar-refractivity contribution in [1.29, 1.82) is 0 Å². The summed E-state index contributed by atoms with van der Waals surface area (Å²) in [5, 5.41) is 2.72. The highest BCUT2D eigenvalue weighted by molar-refractivity contribution is 7.92. The van der Waals surface area contributed by atoms with Gasteiger partial charge in [-0.25, -0.2) is 12.8 Å². The van der Waals surface area contributed by atoms with Gasteiger partial charge in [-0.15, -0.1) is 0 Å². The molecule has 0 saturated carbocycles. The third-order valence-corrected chi connectivity index (χ3v) is 5.58. The Kier molecular flexibility index (Phi) is 7.61. The van der Waals surface area contributed by atoms with Crippen LogP contribution in [-0.2, 0) is 14.8 Å². The SMILES string of the molecule is CCC(C(=O)NCCOc1ccc(C)cc1C)N(c1ccc(F)cc1)S(C)(=O)=O. The first-order valence-corrected chi connectivity index (χ1v) is 11.2. The quantitative estimate of drug-likeness (QED) is 0.630. The van der Waals surface area contributed by atoms with Gasteiger partial charge in [-0.3, -0.25) is 9.10 Å². The van der Waals surface area contributed by atoms with Crippen LogP contribution in [0.25, 0.3) is 0 Å². The maximum atomic E-state index is 13.2. The molecule has 2 rings (SSSR count). The van der Waals surface area contributed by atoms with E-state index in [1.807, 2.05) is 32.0 Å². The number of carbonyl (C=O) groups is 1. The van der Waals surface area contributed by atoms with E-state index in [4.69, 9.17) is 4.74 Å². The number of hydrogen-bond donors (Lipinski definition) is 1. The lowest BCUT2D eigenvalue weighted by atomic mass is 10.1. The van der Waals surface area contributed by atoms with Crippen LogP contribution in [0.4, 0.5) is 10.1 Å². The van der Waals surface area contributed by atoms with Crippen molar-refractivity contribution in [2.75, 3.05) is 23.7 Å². The summed E-state index contributed by atoms with van der Waals surface area (Å²) in [6.07, 6.45) is 1.28. The van der Waals surface area contributed by atoms with E-state index in [1.54, 1.807) is 6.92 Å². The molecular formula is C21H27FN2O4S. The highest BCUT2D eigenvalue weighted by Crippen LogP contribution is 2.23. The second-order valence-corrected chi connectivity index (χ2v) is 8.73. The third kappa shape index (κ3) is 6.19. The van der Waals surface area contributed by atoms with Gasteiger partial charge in [0.2, 0.25) is 15.9 Å². The van der Waals surface area contributed by atoms with Gasteiger partial charge in [-0.2, -0.15) is 0 Å². The van der Waals surface area contributed by atoms with Crippen molar-refractivity contribution < 1.29 is 22.3 Å². The minimum absolute atomic E-state index is 0.226. The molecule has 0 aliphatic heterocycles. The van der Waals surface area contributed by atoms with Crippen molar-refractivity contribution in [1.82, 2.24) is 5.32 Å². The lowest BCUT2D eigenvalue weighted by Gasteiger charge is -2.30. The zero-order chi connectivity index (χ0) is 21.6. The highest BCUT2D eigenvalue weighted by atomic mass is 32.2. The standard InChI is InChI=1S/C21H27FN2O4S/c1-5-19(24(29(4,26)27)18-9-7-17(22)8-10-18)21(25)23-12-13-28-20-11-6-15(2)14-16(20)3/h6-11,14,19H,5,12-13H2,1-4H3,(H,23,25). The van der Waals surface area contributed by atoms with Gasteiger partial charge >= 0.3 is 0 Å². The predicted molar refractivity (Wildman–Crippen MR) is 112 cm³/mol. The first-order chi connectivity index (χ1) is 13.6. The molecule has 0 bridgehead atoms. The minimum Gasteiger partial charge on any atom is -0.491 e. The minimum atomic E-state index is -3.75. The van der Waals surface area contributed by atoms with Gasteiger partial charge < -0.3 is 10.1 Å². The van der Waals surface area contributed by atoms with E-state index in [0.29, 0.717) is 0 Å². The number of sulfonamides is 1. The van der Waals surface area contributed by atoms with E-state index >= 15 is 0 Å². The molecule has 158 valence electrons. The van der Waals surface area contributed by atoms with E-state index in [-0.39, 0.29) is 25.3 Å². The van der Waals surface area contributed by atoms with Crippen molar-refractivity contribution in [2.24, 2.45) is 0 Å². The largest absolute Gasteiger partial charge is 0.491 e. The Morgan fingerprint density at radius 1 is 1.17 bits per heavy atom. The maximum absolute atomic E-state index is 13.2. The van der Waals surface area contributed by atoms with Crippen LogP contribution in [-0.4, -0.2) is 39.8 Å². The fourth-order valence-electron chi connectivity index (χ4n) is 3.06. The molecular weight excluding hydrogens is 395 g/mol. The molecule has 0 heterocycles. The van der Waals surface area contributed by atoms with Gasteiger partial charge in [0.05, 0.1) is 18.5 Å². The number of nitrogens with one attached hydrogen (secondary N) is 1. The van der Waals surface area contributed by atoms with Gasteiger partial charge in [0, 0.05) is 0 Å². The number of amides is 1. The second kappa shape index (κ2) is 9.73. The Morgan fingerprint density at radius 2 is 1.83 bits per heavy atom. The fourth-order valence-corrected chi connectivity index (χ4v) is 4.27. The van der Waals surface area contributed by atoms with Crippen molar-refractivity contribution in [3.8, 4) is 5.75 Å². The topological polar surface area (TPSA) is 75.7 Å². The zero-order valence-electron chi connectivity index (χ0n) is 17.1. The molecule has 2 aromatic carbocycles. The van der Waals surface area contributed by atoms with Crippen LogP contribution in [0.1, 0.15) is 24.5 Å². The lowest BCUT2D eigenvalue weighted by Crippen LogP contribution is -2.50. The van der Waals surface area contributed by atoms with Crippen LogP contribution in [0.15, 0.2) is 42.5 Å². The Balaban J connectivity index is 2.04. The van der Waals surface area contributed by atoms with Gasteiger partial charge in [0.15, 0.2) is 0 Å². The van der Waals surface area contributed by atoms with Crippen molar-refractivity contribution in [3.63, 3.8) is 0 Å². The summed E-state index contributed by atoms with van der Waals surface area (Å²) in [6, 6.07) is 9.89. The first kappa shape index (κ1) is 22.7. The Hall–Kier alpha value is -2.61. The molecule has 0 aromatic heterocycles. The summed E-state index contributed by atoms with van der Waals surface area (Å²) in [5.74, 6) is -0.185. The number of benzene rings is 2. The van der Waals surface area contributed by atoms with Gasteiger partial charge in [0.1, 0.15) is 24.2 Å². The molecule has 8 heteroatoms. The molecule has 0 aliphatic carbocycles. The van der Waals surface area contributed by atoms with Gasteiger partial charge in [-0.05, 0) is 56.2 Å². The predicted octanol–water partition coefficient (Wildman–Crippen LogP) is 3.18. The molecule has 0 fully saturated rings. The molecule has 6 nitrogen and oxygen atoms in total. The summed E-state index contributed by atoms with van der Waals surface area (Å²) in [4.78, 5) is 12.7. The molecule has 0 aliphatic rings. The average molecular weight is 423 g/mol. The normalized spacial score (nSPS) is 12.3. The summed E-state index contributed by atoms with van der Waals surface area (Å²) >= 11 is 0. The summed E-state index contributed by atoms with van der Waals surface area (Å²) in [6.45, 7) is 6.14. The van der Waals surface area contributed by atoms with Crippen molar-refractivity contribution in [2.45, 2.75) is 33.2 Å². The van der Waals surface area contributed by atoms with Crippen LogP contribution in [0.5, 0.6) is 5.75 Å². The Bertz CT molecular complexity index is 946. The number of halogens is 1. The number of carbonyl (C=O) groups excluding carboxylic acids is 1. The maximum Gasteiger partial charge on any atom is 0.244 e. The van der Waals surface area contributed by atoms with E-state index in [9.17, 15) is 17.6 Å². The molecule has 1 amide bonds. The van der Waals surface area contributed by atoms with Crippen molar-refractivity contribution in [3.05, 3.63) is 59.4 Å². The second-order valence-electron chi connectivity index (χ2n) is 6.87. The van der Waals surface area contributed by atoms with Crippen LogP contribution >= 0.6 is 0 Å². The fraction of sp³-hybridized carbons (Fsp3) is 0.381. The van der Waals surface area contributed by atoms with Gasteiger partial charge in [0.25, 0.3) is 0 Å². The van der Waals surface area contributed by atoms with Crippen molar-refractivity contribution >= 4 is 21.6 Å². The molecule has 0 saturated heterocycles. The molecule has 29 heavy (non-hydrogen) atoms. The molecule has 0 radical (unpaired) electrons. The number of aryl methyl sites for hydroxylation is 2. The average Bonchev–Trinajstić information content (AvgIpc) is 2.64. The van der Waals surface area contributed by atoms with Gasteiger partial charge in [-0.1, -0.05) is 24.6 Å². The third-order valence-electron chi connectivity index (χ3n) is 4.40. The van der Waals surface area contributed by atoms with Crippen LogP contribution < -0.4 is 14.4 Å². The molecule has 1 unspecified atom stereocenters. The molecule has 2 aromatic rings. The van der Waals surface area contributed by atoms with Crippen LogP contribution in [0.2, 0.25) is 0 Å². The summed E-state index contributed by atoms with van der Waals surface area (Å²) in [5.41, 5.74) is 2.38. The van der Waals surface area contributed by atoms with Crippen LogP contribution in [0, 0.1) is 19.7 Å².